The van der Waals surface area contributed by atoms with Crippen LogP contribution in [0.25, 0.3) is 16.4 Å². The third kappa shape index (κ3) is 4.06. The molecule has 0 radical (unpaired) electrons. The van der Waals surface area contributed by atoms with Gasteiger partial charge in [-0.15, -0.1) is 16.5 Å². The van der Waals surface area contributed by atoms with E-state index in [1.165, 1.54) is 40.3 Å². The van der Waals surface area contributed by atoms with E-state index in [2.05, 4.69) is 20.3 Å². The molecule has 0 bridgehead atoms. The van der Waals surface area contributed by atoms with Crippen LogP contribution in [0.3, 0.4) is 0 Å². The van der Waals surface area contributed by atoms with Crippen molar-refractivity contribution in [3.8, 4) is 16.4 Å². The Balaban J connectivity index is 1.62. The Morgan fingerprint density at radius 1 is 1.22 bits per heavy atom. The zero-order valence-electron chi connectivity index (χ0n) is 16.6. The van der Waals surface area contributed by atoms with Crippen molar-refractivity contribution in [2.24, 2.45) is 16.0 Å². The van der Waals surface area contributed by atoms with Crippen LogP contribution in [0.5, 0.6) is 0 Å². The van der Waals surface area contributed by atoms with Gasteiger partial charge in [0.15, 0.2) is 5.69 Å². The Hall–Kier alpha value is -4.45. The fourth-order valence-corrected chi connectivity index (χ4v) is 3.66. The van der Waals surface area contributed by atoms with Crippen LogP contribution >= 0.6 is 11.3 Å². The molecule has 4 aromatic rings. The highest BCUT2D eigenvalue weighted by atomic mass is 32.1. The second kappa shape index (κ2) is 8.35. The van der Waals surface area contributed by atoms with Crippen molar-refractivity contribution < 1.29 is 9.72 Å². The minimum atomic E-state index is -0.550. The van der Waals surface area contributed by atoms with Gasteiger partial charge in [-0.25, -0.2) is 4.98 Å². The first-order valence-electron chi connectivity index (χ1n) is 9.17. The summed E-state index contributed by atoms with van der Waals surface area (Å²) < 4.78 is 1.24. The normalized spacial score (nSPS) is 11.2. The van der Waals surface area contributed by atoms with E-state index in [1.54, 1.807) is 36.6 Å². The van der Waals surface area contributed by atoms with E-state index < -0.39 is 16.4 Å². The lowest BCUT2D eigenvalue weighted by molar-refractivity contribution is -0.384. The lowest BCUT2D eigenvalue weighted by Gasteiger charge is -1.97. The maximum atomic E-state index is 12.8. The number of primary amides is 1. The molecule has 0 aliphatic carbocycles. The molecule has 3 N–H and O–H groups in total. The number of aromatic amines is 1. The van der Waals surface area contributed by atoms with Gasteiger partial charge in [0.1, 0.15) is 0 Å². The zero-order valence-corrected chi connectivity index (χ0v) is 17.4. The number of carbonyl (C=O) groups is 1. The number of non-ortho nitro benzene ring substituents is 1. The topological polar surface area (TPSA) is 162 Å². The zero-order chi connectivity index (χ0) is 22.8. The van der Waals surface area contributed by atoms with E-state index in [4.69, 9.17) is 5.73 Å². The number of aryl methyl sites for hydroxylation is 1. The van der Waals surface area contributed by atoms with Crippen LogP contribution in [0.15, 0.2) is 68.9 Å². The van der Waals surface area contributed by atoms with Gasteiger partial charge in [0, 0.05) is 28.6 Å². The van der Waals surface area contributed by atoms with Crippen LogP contribution in [-0.2, 0) is 0 Å². The van der Waals surface area contributed by atoms with Gasteiger partial charge in [0.25, 0.3) is 5.69 Å². The number of nitrogens with two attached hydrogens (primary N) is 1. The second-order valence-electron chi connectivity index (χ2n) is 6.66. The number of azo groups is 1. The largest absolute Gasteiger partial charge is 0.366 e. The number of rotatable bonds is 6. The molecular weight excluding hydrogens is 434 g/mol. The van der Waals surface area contributed by atoms with Gasteiger partial charge in [-0.2, -0.15) is 9.80 Å². The Morgan fingerprint density at radius 3 is 2.66 bits per heavy atom. The molecule has 0 fully saturated rings. The highest BCUT2D eigenvalue weighted by Crippen LogP contribution is 2.27. The first-order valence-corrected chi connectivity index (χ1v) is 10.1. The number of benzene rings is 2. The van der Waals surface area contributed by atoms with Gasteiger partial charge in [-0.3, -0.25) is 24.8 Å². The van der Waals surface area contributed by atoms with Crippen LogP contribution in [0.1, 0.15) is 16.1 Å². The summed E-state index contributed by atoms with van der Waals surface area (Å²) in [5.41, 5.74) is 7.17. The van der Waals surface area contributed by atoms with Crippen LogP contribution in [-0.4, -0.2) is 25.6 Å². The summed E-state index contributed by atoms with van der Waals surface area (Å²) in [4.78, 5) is 38.9. The van der Waals surface area contributed by atoms with Crippen molar-refractivity contribution in [3.63, 3.8) is 0 Å². The predicted molar refractivity (Wildman–Crippen MR) is 118 cm³/mol. The quantitative estimate of drug-likeness (QED) is 0.258. The van der Waals surface area contributed by atoms with Crippen LogP contribution in [0.4, 0.5) is 17.1 Å². The minimum absolute atomic E-state index is 0.0449. The fraction of sp³-hybridized carbons (Fsp3) is 0.0500. The number of hydrogen-bond acceptors (Lipinski definition) is 8. The lowest BCUT2D eigenvalue weighted by Crippen LogP contribution is -2.13. The first kappa shape index (κ1) is 20.8. The summed E-state index contributed by atoms with van der Waals surface area (Å²) in [6, 6.07) is 12.3. The number of H-pyrrole nitrogens is 1. The number of carbonyl (C=O) groups excluding carboxylic acids is 1. The molecule has 11 nitrogen and oxygen atoms in total. The molecule has 0 unspecified atom stereocenters. The molecule has 2 aromatic carbocycles. The van der Waals surface area contributed by atoms with Gasteiger partial charge < -0.3 is 5.73 Å². The van der Waals surface area contributed by atoms with E-state index in [0.717, 1.165) is 0 Å². The fourth-order valence-electron chi connectivity index (χ4n) is 2.87. The Kier molecular flexibility index (Phi) is 5.43. The van der Waals surface area contributed by atoms with Gasteiger partial charge in [0.05, 0.1) is 22.0 Å². The molecule has 160 valence electrons. The van der Waals surface area contributed by atoms with Crippen molar-refractivity contribution in [2.75, 3.05) is 0 Å². The molecule has 0 aliphatic rings. The summed E-state index contributed by atoms with van der Waals surface area (Å²) in [5.74, 6) is -0.550. The van der Waals surface area contributed by atoms with Crippen LogP contribution in [0.2, 0.25) is 0 Å². The van der Waals surface area contributed by atoms with Gasteiger partial charge in [-0.05, 0) is 31.2 Å². The monoisotopic (exact) mass is 449 g/mol. The molecular formula is C20H15N7O4S. The van der Waals surface area contributed by atoms with Crippen molar-refractivity contribution >= 4 is 34.3 Å². The highest BCUT2D eigenvalue weighted by Gasteiger charge is 2.16. The number of aromatic nitrogens is 3. The third-order valence-electron chi connectivity index (χ3n) is 4.49. The SMILES string of the molecule is Cc1[nH]n(-c2nc(-c3cccc([N+](=O)[O-])c3)cs2)c(=O)c1N=Nc1ccc(C(N)=O)cc1. The smallest absolute Gasteiger partial charge is 0.301 e. The highest BCUT2D eigenvalue weighted by molar-refractivity contribution is 7.12. The standard InChI is InChI=1S/C20H15N7O4S/c1-11-17(24-23-14-7-5-12(6-8-14)18(21)28)19(29)26(25-11)20-22-16(10-32-20)13-3-2-4-15(9-13)27(30)31/h2-10,25H,1H3,(H2,21,28). The summed E-state index contributed by atoms with van der Waals surface area (Å²) in [7, 11) is 0. The van der Waals surface area contributed by atoms with Gasteiger partial charge >= 0.3 is 5.56 Å². The predicted octanol–water partition coefficient (Wildman–Crippen LogP) is 4.02. The van der Waals surface area contributed by atoms with Crippen molar-refractivity contribution in [2.45, 2.75) is 6.92 Å². The number of nitro benzene ring substituents is 1. The van der Waals surface area contributed by atoms with E-state index in [-0.39, 0.29) is 11.4 Å². The van der Waals surface area contributed by atoms with Crippen molar-refractivity contribution in [3.05, 3.63) is 85.6 Å². The minimum Gasteiger partial charge on any atom is -0.366 e. The van der Waals surface area contributed by atoms with Crippen LogP contribution < -0.4 is 11.3 Å². The van der Waals surface area contributed by atoms with Gasteiger partial charge in [0.2, 0.25) is 11.0 Å². The van der Waals surface area contributed by atoms with E-state index in [0.29, 0.717) is 33.3 Å². The molecule has 0 saturated heterocycles. The maximum Gasteiger partial charge on any atom is 0.301 e. The third-order valence-corrected chi connectivity index (χ3v) is 5.32. The van der Waals surface area contributed by atoms with E-state index in [1.807, 2.05) is 0 Å². The molecule has 32 heavy (non-hydrogen) atoms. The Bertz CT molecular complexity index is 1420. The molecule has 2 aromatic heterocycles. The number of thiazole rings is 1. The molecule has 4 rings (SSSR count). The first-order chi connectivity index (χ1) is 15.3. The van der Waals surface area contributed by atoms with Gasteiger partial charge in [-0.1, -0.05) is 12.1 Å². The lowest BCUT2D eigenvalue weighted by atomic mass is 10.1. The average Bonchev–Trinajstić information content (AvgIpc) is 3.37. The van der Waals surface area contributed by atoms with E-state index in [9.17, 15) is 19.7 Å². The molecule has 1 amide bonds. The number of nitrogens with one attached hydrogen (secondary N) is 1. The number of hydrogen-bond donors (Lipinski definition) is 2. The summed E-state index contributed by atoms with van der Waals surface area (Å²) in [5, 5.41) is 24.1. The molecule has 0 saturated carbocycles. The van der Waals surface area contributed by atoms with Crippen molar-refractivity contribution in [1.29, 1.82) is 0 Å². The van der Waals surface area contributed by atoms with Crippen LogP contribution in [0, 0.1) is 17.0 Å². The Morgan fingerprint density at radius 2 is 1.97 bits per heavy atom. The second-order valence-corrected chi connectivity index (χ2v) is 7.50. The number of nitrogens with zero attached hydrogens (tertiary/aromatic N) is 5. The molecule has 0 aliphatic heterocycles. The molecule has 0 atom stereocenters. The van der Waals surface area contributed by atoms with E-state index >= 15 is 0 Å². The number of amides is 1. The van der Waals surface area contributed by atoms with Crippen molar-refractivity contribution in [1.82, 2.24) is 14.8 Å². The maximum absolute atomic E-state index is 12.8. The summed E-state index contributed by atoms with van der Waals surface area (Å²) in [6.45, 7) is 1.68. The molecule has 0 spiro atoms. The Labute approximate surface area is 184 Å². The summed E-state index contributed by atoms with van der Waals surface area (Å²) >= 11 is 1.20. The molecule has 2 heterocycles. The molecule has 12 heteroatoms. The summed E-state index contributed by atoms with van der Waals surface area (Å²) in [6.07, 6.45) is 0. The number of nitro groups is 1. The average molecular weight is 449 g/mol.